The molecule has 0 spiro atoms. The fraction of sp³-hybridized carbons (Fsp3) is 0. The Labute approximate surface area is 297 Å². The van der Waals surface area contributed by atoms with Crippen LogP contribution >= 0.6 is 11.3 Å². The summed E-state index contributed by atoms with van der Waals surface area (Å²) in [4.78, 5) is 10.4. The third kappa shape index (κ3) is 4.25. The summed E-state index contributed by atoms with van der Waals surface area (Å²) in [5.41, 5.74) is 11.1. The summed E-state index contributed by atoms with van der Waals surface area (Å²) in [7, 11) is 0. The van der Waals surface area contributed by atoms with Crippen LogP contribution in [0.3, 0.4) is 0 Å². The molecule has 51 heavy (non-hydrogen) atoms. The van der Waals surface area contributed by atoms with E-state index in [1.807, 2.05) is 18.2 Å². The van der Waals surface area contributed by atoms with E-state index in [9.17, 15) is 0 Å². The molecule has 0 bridgehead atoms. The molecule has 0 amide bonds. The maximum absolute atomic E-state index is 5.20. The van der Waals surface area contributed by atoms with Crippen molar-refractivity contribution in [3.8, 4) is 34.0 Å². The standard InChI is InChI=1S/C46H28N4S/c1-4-14-29(15-5-1)43-45-44(48-46(47-43)30-16-6-2-7-17-30)35-25-24-32(26-42(35)51-45)50-39-23-13-11-21-34(39)37-27-36-33-20-10-12-22-38(33)49(40(36)28-41(37)50)31-18-8-3-9-19-31/h1-28H. The van der Waals surface area contributed by atoms with Crippen molar-refractivity contribution in [2.24, 2.45) is 0 Å². The van der Waals surface area contributed by atoms with Crippen LogP contribution in [0.2, 0.25) is 0 Å². The van der Waals surface area contributed by atoms with Gasteiger partial charge < -0.3 is 9.13 Å². The van der Waals surface area contributed by atoms with Crippen LogP contribution in [0, 0.1) is 0 Å². The lowest BCUT2D eigenvalue weighted by molar-refractivity contribution is 1.17. The predicted octanol–water partition coefficient (Wildman–Crippen LogP) is 12.4. The Hall–Kier alpha value is -6.56. The van der Waals surface area contributed by atoms with E-state index in [1.165, 1.54) is 48.3 Å². The van der Waals surface area contributed by atoms with Gasteiger partial charge in [0.25, 0.3) is 0 Å². The zero-order valence-electron chi connectivity index (χ0n) is 27.4. The van der Waals surface area contributed by atoms with Crippen LogP contribution in [0.25, 0.3) is 97.9 Å². The molecule has 5 heteroatoms. The number of fused-ring (bicyclic) bond motifs is 9. The first kappa shape index (κ1) is 28.3. The minimum atomic E-state index is 0.742. The van der Waals surface area contributed by atoms with Crippen molar-refractivity contribution < 1.29 is 0 Å². The SMILES string of the molecule is c1ccc(-c2nc(-c3ccccc3)c3sc4cc(-n5c6ccccc6c6cc7c8ccccc8n(-c8ccccc8)c7cc65)ccc4c3n2)cc1. The summed E-state index contributed by atoms with van der Waals surface area (Å²) in [6.07, 6.45) is 0. The zero-order valence-corrected chi connectivity index (χ0v) is 28.2. The molecule has 11 aromatic rings. The van der Waals surface area contributed by atoms with E-state index in [2.05, 4.69) is 161 Å². The average molecular weight is 669 g/mol. The van der Waals surface area contributed by atoms with Gasteiger partial charge in [0.15, 0.2) is 5.82 Å². The highest BCUT2D eigenvalue weighted by Gasteiger charge is 2.20. The largest absolute Gasteiger partial charge is 0.309 e. The minimum Gasteiger partial charge on any atom is -0.309 e. The molecule has 0 saturated heterocycles. The van der Waals surface area contributed by atoms with Crippen molar-refractivity contribution in [3.63, 3.8) is 0 Å². The highest BCUT2D eigenvalue weighted by Crippen LogP contribution is 2.43. The Kier molecular flexibility index (Phi) is 6.09. The van der Waals surface area contributed by atoms with E-state index in [4.69, 9.17) is 9.97 Å². The molecule has 0 N–H and O–H groups in total. The van der Waals surface area contributed by atoms with Crippen molar-refractivity contribution in [3.05, 3.63) is 170 Å². The van der Waals surface area contributed by atoms with E-state index in [0.29, 0.717) is 0 Å². The van der Waals surface area contributed by atoms with Crippen LogP contribution < -0.4 is 0 Å². The summed E-state index contributed by atoms with van der Waals surface area (Å²) < 4.78 is 7.11. The van der Waals surface area contributed by atoms with Gasteiger partial charge in [-0.2, -0.15) is 0 Å². The lowest BCUT2D eigenvalue weighted by atomic mass is 10.1. The van der Waals surface area contributed by atoms with E-state index < -0.39 is 0 Å². The van der Waals surface area contributed by atoms with Crippen LogP contribution in [0.15, 0.2) is 170 Å². The predicted molar refractivity (Wildman–Crippen MR) is 214 cm³/mol. The molecule has 4 aromatic heterocycles. The molecular weight excluding hydrogens is 641 g/mol. The van der Waals surface area contributed by atoms with Gasteiger partial charge in [-0.15, -0.1) is 11.3 Å². The first-order valence-corrected chi connectivity index (χ1v) is 18.0. The highest BCUT2D eigenvalue weighted by molar-refractivity contribution is 7.26. The van der Waals surface area contributed by atoms with Gasteiger partial charge in [0.2, 0.25) is 0 Å². The van der Waals surface area contributed by atoms with Crippen molar-refractivity contribution in [1.29, 1.82) is 0 Å². The van der Waals surface area contributed by atoms with Gasteiger partial charge in [-0.3, -0.25) is 0 Å². The number of rotatable bonds is 4. The molecular formula is C46H28N4S. The number of thiophene rings is 1. The first-order valence-electron chi connectivity index (χ1n) is 17.2. The summed E-state index contributed by atoms with van der Waals surface area (Å²) >= 11 is 1.77. The number of hydrogen-bond acceptors (Lipinski definition) is 3. The maximum atomic E-state index is 5.20. The maximum Gasteiger partial charge on any atom is 0.160 e. The summed E-state index contributed by atoms with van der Waals surface area (Å²) in [6, 6.07) is 60.6. The van der Waals surface area contributed by atoms with E-state index in [1.54, 1.807) is 11.3 Å². The number of hydrogen-bond donors (Lipinski definition) is 0. The molecule has 0 radical (unpaired) electrons. The van der Waals surface area contributed by atoms with E-state index in [0.717, 1.165) is 49.6 Å². The molecule has 4 nitrogen and oxygen atoms in total. The average Bonchev–Trinajstić information content (AvgIpc) is 3.84. The van der Waals surface area contributed by atoms with Crippen molar-refractivity contribution >= 4 is 75.3 Å². The summed E-state index contributed by atoms with van der Waals surface area (Å²) in [6.45, 7) is 0. The van der Waals surface area contributed by atoms with Crippen LogP contribution in [-0.2, 0) is 0 Å². The molecule has 0 unspecified atom stereocenters. The normalized spacial score (nSPS) is 11.9. The minimum absolute atomic E-state index is 0.742. The second-order valence-electron chi connectivity index (χ2n) is 13.0. The van der Waals surface area contributed by atoms with E-state index >= 15 is 0 Å². The number of aromatic nitrogens is 4. The zero-order chi connectivity index (χ0) is 33.5. The fourth-order valence-electron chi connectivity index (χ4n) is 7.84. The molecule has 4 heterocycles. The Morgan fingerprint density at radius 1 is 0.392 bits per heavy atom. The molecule has 11 rings (SSSR count). The number of benzene rings is 7. The second-order valence-corrected chi connectivity index (χ2v) is 14.1. The highest BCUT2D eigenvalue weighted by atomic mass is 32.1. The van der Waals surface area contributed by atoms with Gasteiger partial charge >= 0.3 is 0 Å². The van der Waals surface area contributed by atoms with Gasteiger partial charge in [0.1, 0.15) is 0 Å². The third-order valence-corrected chi connectivity index (χ3v) is 11.3. The van der Waals surface area contributed by atoms with Crippen molar-refractivity contribution in [2.45, 2.75) is 0 Å². The molecule has 0 aliphatic rings. The van der Waals surface area contributed by atoms with Gasteiger partial charge in [0.05, 0.1) is 38.0 Å². The Morgan fingerprint density at radius 2 is 0.961 bits per heavy atom. The van der Waals surface area contributed by atoms with Crippen molar-refractivity contribution in [2.75, 3.05) is 0 Å². The second kappa shape index (κ2) is 11.0. The number of nitrogens with zero attached hydrogens (tertiary/aromatic N) is 4. The topological polar surface area (TPSA) is 35.6 Å². The summed E-state index contributed by atoms with van der Waals surface area (Å²) in [5.74, 6) is 0.742. The van der Waals surface area contributed by atoms with Crippen LogP contribution in [-0.4, -0.2) is 19.1 Å². The fourth-order valence-corrected chi connectivity index (χ4v) is 9.03. The number of para-hydroxylation sites is 3. The van der Waals surface area contributed by atoms with Crippen LogP contribution in [0.4, 0.5) is 0 Å². The Morgan fingerprint density at radius 3 is 1.63 bits per heavy atom. The monoisotopic (exact) mass is 668 g/mol. The first-order chi connectivity index (χ1) is 25.3. The lowest BCUT2D eigenvalue weighted by Gasteiger charge is -2.10. The van der Waals surface area contributed by atoms with Crippen LogP contribution in [0.5, 0.6) is 0 Å². The van der Waals surface area contributed by atoms with Gasteiger partial charge in [-0.05, 0) is 54.6 Å². The molecule has 0 saturated carbocycles. The molecule has 0 fully saturated rings. The third-order valence-electron chi connectivity index (χ3n) is 10.1. The summed E-state index contributed by atoms with van der Waals surface area (Å²) in [5, 5.41) is 6.14. The molecule has 238 valence electrons. The van der Waals surface area contributed by atoms with Crippen LogP contribution in [0.1, 0.15) is 0 Å². The molecule has 7 aromatic carbocycles. The lowest BCUT2D eigenvalue weighted by Crippen LogP contribution is -1.95. The molecule has 0 atom stereocenters. The van der Waals surface area contributed by atoms with Gasteiger partial charge in [-0.25, -0.2) is 9.97 Å². The smallest absolute Gasteiger partial charge is 0.160 e. The Bertz CT molecular complexity index is 3120. The quantitative estimate of drug-likeness (QED) is 0.187. The van der Waals surface area contributed by atoms with Crippen molar-refractivity contribution in [1.82, 2.24) is 19.1 Å². The molecule has 0 aliphatic carbocycles. The van der Waals surface area contributed by atoms with E-state index in [-0.39, 0.29) is 0 Å². The molecule has 0 aliphatic heterocycles. The van der Waals surface area contributed by atoms with Gasteiger partial charge in [0, 0.05) is 54.1 Å². The van der Waals surface area contributed by atoms with Gasteiger partial charge in [-0.1, -0.05) is 115 Å². The Balaban J connectivity index is 1.19.